The number of amides is 3. The molecule has 0 aliphatic rings. The van der Waals surface area contributed by atoms with Crippen LogP contribution in [0, 0.1) is 0 Å². The van der Waals surface area contributed by atoms with Gasteiger partial charge in [0.05, 0.1) is 13.0 Å². The molecule has 0 atom stereocenters. The van der Waals surface area contributed by atoms with Crippen molar-refractivity contribution in [1.29, 1.82) is 0 Å². The Morgan fingerprint density at radius 1 is 1.15 bits per heavy atom. The molecule has 0 spiro atoms. The first kappa shape index (κ1) is 17.6. The van der Waals surface area contributed by atoms with Crippen LogP contribution in [0.15, 0.2) is 46.3 Å². The third-order valence-electron chi connectivity index (χ3n) is 3.38. The van der Waals surface area contributed by atoms with Crippen molar-refractivity contribution in [2.24, 2.45) is 0 Å². The van der Waals surface area contributed by atoms with Crippen LogP contribution < -0.4 is 10.6 Å². The number of carbonyl (C=O) groups is 3. The van der Waals surface area contributed by atoms with Gasteiger partial charge >= 0.3 is 12.0 Å². The van der Waals surface area contributed by atoms with E-state index in [0.29, 0.717) is 23.2 Å². The molecule has 26 heavy (non-hydrogen) atoms. The minimum Gasteiger partial charge on any atom is -0.455 e. The summed E-state index contributed by atoms with van der Waals surface area (Å²) >= 11 is 1.49. The summed E-state index contributed by atoms with van der Waals surface area (Å²) in [6, 6.07) is 10.2. The highest BCUT2D eigenvalue weighted by Gasteiger charge is 2.15. The van der Waals surface area contributed by atoms with Gasteiger partial charge in [-0.15, -0.1) is 11.3 Å². The lowest BCUT2D eigenvalue weighted by Gasteiger charge is -2.06. The Hall–Kier alpha value is -3.20. The second-order valence-corrected chi connectivity index (χ2v) is 6.31. The van der Waals surface area contributed by atoms with Crippen LogP contribution in [0.3, 0.4) is 0 Å². The summed E-state index contributed by atoms with van der Waals surface area (Å²) < 4.78 is 9.96. The number of aromatic nitrogens is 1. The second-order valence-electron chi connectivity index (χ2n) is 5.27. The van der Waals surface area contributed by atoms with Gasteiger partial charge in [0.15, 0.2) is 12.2 Å². The Bertz CT molecular complexity index is 920. The van der Waals surface area contributed by atoms with Crippen LogP contribution in [0.4, 0.5) is 4.79 Å². The standard InChI is InChI=1S/C17H15N3O5S/c21-15(19-17(23)18-9-11-4-3-7-26-11)10-24-16(22)8-13-12-5-1-2-6-14(12)25-20-13/h1-7H,8-10H2,(H2,18,19,21,23). The summed E-state index contributed by atoms with van der Waals surface area (Å²) in [5.41, 5.74) is 0.996. The van der Waals surface area contributed by atoms with Crippen molar-refractivity contribution in [1.82, 2.24) is 15.8 Å². The number of esters is 1. The number of benzene rings is 1. The fourth-order valence-electron chi connectivity index (χ4n) is 2.19. The summed E-state index contributed by atoms with van der Waals surface area (Å²) in [5.74, 6) is -1.36. The van der Waals surface area contributed by atoms with E-state index in [1.54, 1.807) is 24.3 Å². The van der Waals surface area contributed by atoms with Gasteiger partial charge in [0, 0.05) is 10.3 Å². The number of carbonyl (C=O) groups excluding carboxylic acids is 3. The molecular weight excluding hydrogens is 358 g/mol. The first-order valence-electron chi connectivity index (χ1n) is 7.71. The van der Waals surface area contributed by atoms with Crippen LogP contribution >= 0.6 is 11.3 Å². The molecular formula is C17H15N3O5S. The number of imide groups is 1. The molecule has 1 aromatic carbocycles. The van der Waals surface area contributed by atoms with Crippen LogP contribution in [-0.2, 0) is 27.3 Å². The summed E-state index contributed by atoms with van der Waals surface area (Å²) in [6.07, 6.45) is -0.130. The molecule has 0 aliphatic carbocycles. The molecule has 9 heteroatoms. The van der Waals surface area contributed by atoms with E-state index in [1.807, 2.05) is 17.5 Å². The van der Waals surface area contributed by atoms with Crippen molar-refractivity contribution in [3.05, 3.63) is 52.3 Å². The molecule has 0 aliphatic heterocycles. The number of rotatable bonds is 6. The molecule has 0 saturated heterocycles. The fourth-order valence-corrected chi connectivity index (χ4v) is 2.83. The third kappa shape index (κ3) is 4.67. The highest BCUT2D eigenvalue weighted by molar-refractivity contribution is 7.09. The van der Waals surface area contributed by atoms with Crippen LogP contribution in [0.1, 0.15) is 10.6 Å². The van der Waals surface area contributed by atoms with Gasteiger partial charge in [0.1, 0.15) is 5.69 Å². The molecule has 0 saturated carbocycles. The predicted octanol–water partition coefficient (Wildman–Crippen LogP) is 2.00. The van der Waals surface area contributed by atoms with Gasteiger partial charge in [-0.25, -0.2) is 4.79 Å². The number of nitrogens with zero attached hydrogens (tertiary/aromatic N) is 1. The van der Waals surface area contributed by atoms with Crippen LogP contribution in [-0.4, -0.2) is 29.7 Å². The molecule has 0 bridgehead atoms. The lowest BCUT2D eigenvalue weighted by atomic mass is 10.2. The first-order valence-corrected chi connectivity index (χ1v) is 8.59. The van der Waals surface area contributed by atoms with E-state index in [1.165, 1.54) is 11.3 Å². The van der Waals surface area contributed by atoms with E-state index >= 15 is 0 Å². The number of thiophene rings is 1. The average Bonchev–Trinajstić information content (AvgIpc) is 3.29. The molecule has 2 N–H and O–H groups in total. The summed E-state index contributed by atoms with van der Waals surface area (Å²) in [5, 5.41) is 11.0. The van der Waals surface area contributed by atoms with Gasteiger partial charge in [-0.2, -0.15) is 0 Å². The highest BCUT2D eigenvalue weighted by atomic mass is 32.1. The SMILES string of the molecule is O=C(COC(=O)Cc1noc2ccccc12)NC(=O)NCc1cccs1. The van der Waals surface area contributed by atoms with Gasteiger partial charge in [-0.05, 0) is 23.6 Å². The minimum absolute atomic E-state index is 0.130. The number of ether oxygens (including phenoxy) is 1. The highest BCUT2D eigenvalue weighted by Crippen LogP contribution is 2.18. The Balaban J connectivity index is 1.41. The molecule has 134 valence electrons. The quantitative estimate of drug-likeness (QED) is 0.640. The van der Waals surface area contributed by atoms with Gasteiger partial charge in [0.25, 0.3) is 5.91 Å². The Kier molecular flexibility index (Phi) is 5.59. The van der Waals surface area contributed by atoms with Gasteiger partial charge in [-0.1, -0.05) is 23.4 Å². The number of urea groups is 1. The van der Waals surface area contributed by atoms with Crippen molar-refractivity contribution >= 4 is 40.2 Å². The molecule has 2 aromatic heterocycles. The van der Waals surface area contributed by atoms with Crippen molar-refractivity contribution in [2.75, 3.05) is 6.61 Å². The lowest BCUT2D eigenvalue weighted by molar-refractivity contribution is -0.147. The zero-order valence-electron chi connectivity index (χ0n) is 13.6. The van der Waals surface area contributed by atoms with E-state index in [0.717, 1.165) is 4.88 Å². The van der Waals surface area contributed by atoms with Gasteiger partial charge in [-0.3, -0.25) is 14.9 Å². The van der Waals surface area contributed by atoms with Gasteiger partial charge in [0.2, 0.25) is 0 Å². The maximum Gasteiger partial charge on any atom is 0.321 e. The summed E-state index contributed by atoms with van der Waals surface area (Å²) in [7, 11) is 0. The molecule has 8 nitrogen and oxygen atoms in total. The van der Waals surface area contributed by atoms with Gasteiger partial charge < -0.3 is 14.6 Å². The minimum atomic E-state index is -0.716. The molecule has 3 amide bonds. The summed E-state index contributed by atoms with van der Waals surface area (Å²) in [4.78, 5) is 36.0. The number of para-hydroxylation sites is 1. The van der Waals surface area contributed by atoms with E-state index in [9.17, 15) is 14.4 Å². The van der Waals surface area contributed by atoms with E-state index in [2.05, 4.69) is 15.8 Å². The summed E-state index contributed by atoms with van der Waals surface area (Å²) in [6.45, 7) is -0.239. The lowest BCUT2D eigenvalue weighted by Crippen LogP contribution is -2.41. The molecule has 0 fully saturated rings. The smallest absolute Gasteiger partial charge is 0.321 e. The Morgan fingerprint density at radius 3 is 2.81 bits per heavy atom. The van der Waals surface area contributed by atoms with E-state index in [4.69, 9.17) is 9.26 Å². The number of fused-ring (bicyclic) bond motifs is 1. The second kappa shape index (κ2) is 8.26. The van der Waals surface area contributed by atoms with Crippen LogP contribution in [0.25, 0.3) is 11.0 Å². The topological polar surface area (TPSA) is 111 Å². The number of hydrogen-bond acceptors (Lipinski definition) is 7. The zero-order chi connectivity index (χ0) is 18.4. The predicted molar refractivity (Wildman–Crippen MR) is 93.4 cm³/mol. The molecule has 2 heterocycles. The van der Waals surface area contributed by atoms with Crippen LogP contribution in [0.2, 0.25) is 0 Å². The maximum absolute atomic E-state index is 11.8. The number of hydrogen-bond donors (Lipinski definition) is 2. The maximum atomic E-state index is 11.8. The first-order chi connectivity index (χ1) is 12.6. The van der Waals surface area contributed by atoms with Crippen molar-refractivity contribution in [3.8, 4) is 0 Å². The van der Waals surface area contributed by atoms with Crippen molar-refractivity contribution in [2.45, 2.75) is 13.0 Å². The van der Waals surface area contributed by atoms with E-state index < -0.39 is 24.5 Å². The Labute approximate surface area is 152 Å². The molecule has 3 rings (SSSR count). The zero-order valence-corrected chi connectivity index (χ0v) is 14.4. The van der Waals surface area contributed by atoms with E-state index in [-0.39, 0.29) is 6.42 Å². The van der Waals surface area contributed by atoms with Crippen molar-refractivity contribution < 1.29 is 23.6 Å². The third-order valence-corrected chi connectivity index (χ3v) is 4.26. The monoisotopic (exact) mass is 373 g/mol. The fraction of sp³-hybridized carbons (Fsp3) is 0.176. The van der Waals surface area contributed by atoms with Crippen LogP contribution in [0.5, 0.6) is 0 Å². The molecule has 0 radical (unpaired) electrons. The van der Waals surface area contributed by atoms with Crippen molar-refractivity contribution in [3.63, 3.8) is 0 Å². The average molecular weight is 373 g/mol. The molecule has 3 aromatic rings. The number of nitrogens with one attached hydrogen (secondary N) is 2. The molecule has 0 unspecified atom stereocenters. The normalized spacial score (nSPS) is 10.5. The largest absolute Gasteiger partial charge is 0.455 e. The Morgan fingerprint density at radius 2 is 2.00 bits per heavy atom.